The van der Waals surface area contributed by atoms with Crippen LogP contribution >= 0.6 is 0 Å². The number of pyridine rings is 1. The summed E-state index contributed by atoms with van der Waals surface area (Å²) in [7, 11) is 0. The van der Waals surface area contributed by atoms with Crippen molar-refractivity contribution in [2.24, 2.45) is 0 Å². The van der Waals surface area contributed by atoms with Gasteiger partial charge >= 0.3 is 5.97 Å². The Morgan fingerprint density at radius 2 is 1.80 bits per heavy atom. The van der Waals surface area contributed by atoms with Gasteiger partial charge < -0.3 is 14.6 Å². The quantitative estimate of drug-likeness (QED) is 0.530. The van der Waals surface area contributed by atoms with Crippen LogP contribution in [0.1, 0.15) is 33.9 Å². The molecule has 146 valence electrons. The van der Waals surface area contributed by atoms with Gasteiger partial charge in [-0.25, -0.2) is 4.79 Å². The van der Waals surface area contributed by atoms with Gasteiger partial charge in [0.05, 0.1) is 22.4 Å². The Labute approximate surface area is 170 Å². The second-order valence-electron chi connectivity index (χ2n) is 7.05. The average molecular weight is 397 g/mol. The number of aromatic nitrogens is 1. The van der Waals surface area contributed by atoms with Crippen LogP contribution in [0, 0.1) is 0 Å². The average Bonchev–Trinajstić information content (AvgIpc) is 2.89. The van der Waals surface area contributed by atoms with Gasteiger partial charge in [-0.2, -0.15) is 0 Å². The van der Waals surface area contributed by atoms with Crippen molar-refractivity contribution in [1.82, 2.24) is 4.98 Å². The molecule has 4 aromatic rings. The Morgan fingerprint density at radius 3 is 2.57 bits per heavy atom. The maximum atomic E-state index is 13.3. The van der Waals surface area contributed by atoms with Crippen molar-refractivity contribution in [3.05, 3.63) is 105 Å². The van der Waals surface area contributed by atoms with E-state index < -0.39 is 11.9 Å². The number of carboxylic acids is 1. The number of hydrogen-bond donors (Lipinski definition) is 2. The molecule has 30 heavy (non-hydrogen) atoms. The molecule has 0 saturated heterocycles. The Bertz CT molecular complexity index is 1400. The zero-order chi connectivity index (χ0) is 20.8. The number of aliphatic carboxylic acids is 1. The standard InChI is InChI=1S/C24H15NO5/c26-14-5-6-17-20(11-14)30-23-19(22(17)27)12-18(24(28)29)15-3-1-2-4-16(15)21(23)13-7-9-25-10-8-13/h1-12,21,26H,(H,28,29). The van der Waals surface area contributed by atoms with Gasteiger partial charge in [-0.1, -0.05) is 24.3 Å². The molecule has 2 aromatic carbocycles. The second kappa shape index (κ2) is 6.70. The molecule has 6 heteroatoms. The van der Waals surface area contributed by atoms with Gasteiger partial charge in [-0.15, -0.1) is 0 Å². The minimum Gasteiger partial charge on any atom is -0.508 e. The summed E-state index contributed by atoms with van der Waals surface area (Å²) in [6.07, 6.45) is 4.66. The predicted molar refractivity (Wildman–Crippen MR) is 111 cm³/mol. The first-order valence-corrected chi connectivity index (χ1v) is 9.28. The van der Waals surface area contributed by atoms with E-state index in [2.05, 4.69) is 4.98 Å². The molecule has 1 aliphatic carbocycles. The fourth-order valence-electron chi connectivity index (χ4n) is 3.99. The highest BCUT2D eigenvalue weighted by molar-refractivity contribution is 6.21. The molecule has 2 heterocycles. The summed E-state index contributed by atoms with van der Waals surface area (Å²) in [4.78, 5) is 29.5. The second-order valence-corrected chi connectivity index (χ2v) is 7.05. The molecule has 0 fully saturated rings. The van der Waals surface area contributed by atoms with Gasteiger partial charge in [0.15, 0.2) is 5.43 Å². The number of benzene rings is 2. The van der Waals surface area contributed by atoms with Crippen molar-refractivity contribution < 1.29 is 19.4 Å². The number of fused-ring (bicyclic) bond motifs is 3. The lowest BCUT2D eigenvalue weighted by Gasteiger charge is -2.20. The topological polar surface area (TPSA) is 101 Å². The SMILES string of the molecule is O=C(O)C1=Cc2c(oc3cc(O)ccc3c2=O)C(c2ccncc2)c2ccccc21. The van der Waals surface area contributed by atoms with E-state index in [9.17, 15) is 19.8 Å². The Hall–Kier alpha value is -4.19. The largest absolute Gasteiger partial charge is 0.508 e. The summed E-state index contributed by atoms with van der Waals surface area (Å²) >= 11 is 0. The first kappa shape index (κ1) is 17.9. The maximum Gasteiger partial charge on any atom is 0.336 e. The number of carbonyl (C=O) groups is 1. The normalized spacial score (nSPS) is 15.1. The molecule has 5 rings (SSSR count). The molecule has 1 aliphatic rings. The van der Waals surface area contributed by atoms with Crippen molar-refractivity contribution in [3.8, 4) is 5.75 Å². The molecule has 0 amide bonds. The van der Waals surface area contributed by atoms with E-state index >= 15 is 0 Å². The third kappa shape index (κ3) is 2.69. The van der Waals surface area contributed by atoms with Gasteiger partial charge in [-0.3, -0.25) is 9.78 Å². The van der Waals surface area contributed by atoms with E-state index in [1.165, 1.54) is 24.3 Å². The number of nitrogens with zero attached hydrogens (tertiary/aromatic N) is 1. The molecule has 6 nitrogen and oxygen atoms in total. The van der Waals surface area contributed by atoms with Gasteiger partial charge in [-0.05, 0) is 47.0 Å². The number of aromatic hydroxyl groups is 1. The Balaban J connectivity index is 1.96. The highest BCUT2D eigenvalue weighted by Gasteiger charge is 2.32. The van der Waals surface area contributed by atoms with Gasteiger partial charge in [0.1, 0.15) is 17.1 Å². The fourth-order valence-corrected chi connectivity index (χ4v) is 3.99. The van der Waals surface area contributed by atoms with Crippen LogP contribution < -0.4 is 5.43 Å². The Kier molecular flexibility index (Phi) is 3.99. The third-order valence-electron chi connectivity index (χ3n) is 5.32. The van der Waals surface area contributed by atoms with Gasteiger partial charge in [0.2, 0.25) is 0 Å². The molecule has 0 aliphatic heterocycles. The molecule has 0 bridgehead atoms. The minimum atomic E-state index is -1.13. The lowest BCUT2D eigenvalue weighted by atomic mass is 9.85. The predicted octanol–water partition coefficient (Wildman–Crippen LogP) is 4.01. The van der Waals surface area contributed by atoms with Crippen LogP contribution in [0.25, 0.3) is 22.6 Å². The van der Waals surface area contributed by atoms with Crippen LogP contribution in [0.4, 0.5) is 0 Å². The smallest absolute Gasteiger partial charge is 0.336 e. The van der Waals surface area contributed by atoms with Crippen LogP contribution in [-0.4, -0.2) is 21.2 Å². The summed E-state index contributed by atoms with van der Waals surface area (Å²) < 4.78 is 6.16. The molecule has 1 atom stereocenters. The van der Waals surface area contributed by atoms with Gasteiger partial charge in [0, 0.05) is 18.5 Å². The number of rotatable bonds is 2. The van der Waals surface area contributed by atoms with E-state index in [1.54, 1.807) is 24.5 Å². The van der Waals surface area contributed by atoms with E-state index in [4.69, 9.17) is 4.42 Å². The van der Waals surface area contributed by atoms with Crippen molar-refractivity contribution in [2.45, 2.75) is 5.92 Å². The summed E-state index contributed by atoms with van der Waals surface area (Å²) in [6.45, 7) is 0. The highest BCUT2D eigenvalue weighted by atomic mass is 16.4. The molecular weight excluding hydrogens is 382 g/mol. The summed E-state index contributed by atoms with van der Waals surface area (Å²) in [6, 6.07) is 15.0. The van der Waals surface area contributed by atoms with Crippen LogP contribution in [0.5, 0.6) is 5.75 Å². The number of hydrogen-bond acceptors (Lipinski definition) is 5. The van der Waals surface area contributed by atoms with Crippen molar-refractivity contribution >= 4 is 28.6 Å². The number of phenols is 1. The summed E-state index contributed by atoms with van der Waals surface area (Å²) in [5.74, 6) is -1.35. The minimum absolute atomic E-state index is 0.0221. The van der Waals surface area contributed by atoms with Crippen molar-refractivity contribution in [2.75, 3.05) is 0 Å². The molecule has 0 radical (unpaired) electrons. The van der Waals surface area contributed by atoms with E-state index in [-0.39, 0.29) is 33.3 Å². The molecule has 1 unspecified atom stereocenters. The Morgan fingerprint density at radius 1 is 1.03 bits per heavy atom. The van der Waals surface area contributed by atoms with E-state index in [1.807, 2.05) is 24.3 Å². The lowest BCUT2D eigenvalue weighted by molar-refractivity contribution is -0.130. The third-order valence-corrected chi connectivity index (χ3v) is 5.32. The molecule has 2 N–H and O–H groups in total. The van der Waals surface area contributed by atoms with Crippen molar-refractivity contribution in [3.63, 3.8) is 0 Å². The first-order valence-electron chi connectivity index (χ1n) is 9.28. The van der Waals surface area contributed by atoms with Crippen LogP contribution in [-0.2, 0) is 4.79 Å². The summed E-state index contributed by atoms with van der Waals surface area (Å²) in [5, 5.41) is 20.0. The van der Waals surface area contributed by atoms with Crippen LogP contribution in [0.15, 0.2) is 76.2 Å². The molecule has 2 aromatic heterocycles. The number of carboxylic acid groups (broad SMARTS) is 1. The lowest BCUT2D eigenvalue weighted by Crippen LogP contribution is -2.13. The fraction of sp³-hybridized carbons (Fsp3) is 0.0417. The molecular formula is C24H15NO5. The van der Waals surface area contributed by atoms with Crippen LogP contribution in [0.3, 0.4) is 0 Å². The van der Waals surface area contributed by atoms with Gasteiger partial charge in [0.25, 0.3) is 0 Å². The van der Waals surface area contributed by atoms with E-state index in [0.29, 0.717) is 16.9 Å². The molecule has 0 spiro atoms. The highest BCUT2D eigenvalue weighted by Crippen LogP contribution is 2.41. The summed E-state index contributed by atoms with van der Waals surface area (Å²) in [5.41, 5.74) is 2.13. The van der Waals surface area contributed by atoms with E-state index in [0.717, 1.165) is 5.56 Å². The zero-order valence-corrected chi connectivity index (χ0v) is 15.6. The maximum absolute atomic E-state index is 13.3. The zero-order valence-electron chi connectivity index (χ0n) is 15.6. The van der Waals surface area contributed by atoms with Crippen molar-refractivity contribution in [1.29, 1.82) is 0 Å². The molecule has 0 saturated carbocycles. The van der Waals surface area contributed by atoms with Crippen LogP contribution in [0.2, 0.25) is 0 Å². The number of phenolic OH excluding ortho intramolecular Hbond substituents is 1. The monoisotopic (exact) mass is 397 g/mol. The first-order chi connectivity index (χ1) is 14.5.